The normalized spacial score (nSPS) is 24.0. The summed E-state index contributed by atoms with van der Waals surface area (Å²) >= 11 is 0. The second-order valence-corrected chi connectivity index (χ2v) is 3.94. The van der Waals surface area contributed by atoms with Gasteiger partial charge in [-0.25, -0.2) is 0 Å². The summed E-state index contributed by atoms with van der Waals surface area (Å²) in [6, 6.07) is 0.232. The van der Waals surface area contributed by atoms with Crippen LogP contribution < -0.4 is 5.32 Å². The molecule has 1 N–H and O–H groups in total. The highest BCUT2D eigenvalue weighted by atomic mass is 16.5. The van der Waals surface area contributed by atoms with Crippen LogP contribution in [0.4, 0.5) is 0 Å². The van der Waals surface area contributed by atoms with E-state index in [1.54, 1.807) is 7.11 Å². The third kappa shape index (κ3) is 3.93. The number of methoxy groups -OCH3 is 1. The molecule has 1 rings (SSSR count). The van der Waals surface area contributed by atoms with E-state index in [0.29, 0.717) is 6.42 Å². The molecule has 84 valence electrons. The summed E-state index contributed by atoms with van der Waals surface area (Å²) in [7, 11) is 1.69. The molecular weight excluding hydrogens is 190 g/mol. The number of carbonyl (C=O) groups is 1. The molecule has 0 radical (unpaired) electrons. The highest BCUT2D eigenvalue weighted by molar-refractivity contribution is 5.76. The first-order chi connectivity index (χ1) is 7.27. The molecule has 1 aliphatic carbocycles. The number of terminal acetylenes is 1. The van der Waals surface area contributed by atoms with Crippen LogP contribution in [-0.2, 0) is 9.53 Å². The van der Waals surface area contributed by atoms with Crippen molar-refractivity contribution in [2.45, 2.75) is 50.7 Å². The smallest absolute Gasteiger partial charge is 0.220 e. The van der Waals surface area contributed by atoms with Crippen molar-refractivity contribution in [2.75, 3.05) is 7.11 Å². The molecule has 15 heavy (non-hydrogen) atoms. The lowest BCUT2D eigenvalue weighted by molar-refractivity contribution is -0.124. The second kappa shape index (κ2) is 6.47. The van der Waals surface area contributed by atoms with E-state index in [9.17, 15) is 4.79 Å². The summed E-state index contributed by atoms with van der Waals surface area (Å²) in [4.78, 5) is 11.5. The third-order valence-corrected chi connectivity index (χ3v) is 2.84. The Hall–Kier alpha value is -1.01. The van der Waals surface area contributed by atoms with E-state index in [1.807, 2.05) is 0 Å². The molecule has 1 amide bonds. The maximum Gasteiger partial charge on any atom is 0.220 e. The van der Waals surface area contributed by atoms with Gasteiger partial charge in [0.1, 0.15) is 0 Å². The van der Waals surface area contributed by atoms with Gasteiger partial charge in [-0.15, -0.1) is 12.3 Å². The Bertz CT molecular complexity index is 242. The number of hydrogen-bond donors (Lipinski definition) is 1. The van der Waals surface area contributed by atoms with E-state index in [-0.39, 0.29) is 18.1 Å². The lowest BCUT2D eigenvalue weighted by Gasteiger charge is -2.35. The van der Waals surface area contributed by atoms with E-state index in [1.165, 1.54) is 0 Å². The zero-order valence-corrected chi connectivity index (χ0v) is 9.29. The van der Waals surface area contributed by atoms with Gasteiger partial charge < -0.3 is 10.1 Å². The van der Waals surface area contributed by atoms with Crippen LogP contribution in [-0.4, -0.2) is 25.2 Å². The Morgan fingerprint density at radius 2 is 2.33 bits per heavy atom. The van der Waals surface area contributed by atoms with Gasteiger partial charge in [0.15, 0.2) is 0 Å². The second-order valence-electron chi connectivity index (χ2n) is 3.94. The fraction of sp³-hybridized carbons (Fsp3) is 0.750. The van der Waals surface area contributed by atoms with Gasteiger partial charge in [0, 0.05) is 20.0 Å². The molecular formula is C12H19NO2. The lowest BCUT2D eigenvalue weighted by atomic mass is 9.89. The maximum absolute atomic E-state index is 11.5. The van der Waals surface area contributed by atoms with Crippen molar-refractivity contribution >= 4 is 5.91 Å². The number of ether oxygens (including phenoxy) is 1. The minimum atomic E-state index is 0.124. The number of hydrogen-bond acceptors (Lipinski definition) is 2. The summed E-state index contributed by atoms with van der Waals surface area (Å²) in [6.45, 7) is 0. The molecule has 0 saturated heterocycles. The molecule has 0 heterocycles. The van der Waals surface area contributed by atoms with Crippen molar-refractivity contribution in [3.05, 3.63) is 0 Å². The minimum absolute atomic E-state index is 0.124. The molecule has 3 heteroatoms. The van der Waals surface area contributed by atoms with Gasteiger partial charge in [0.25, 0.3) is 0 Å². The molecule has 0 aromatic rings. The Morgan fingerprint density at radius 1 is 1.53 bits per heavy atom. The monoisotopic (exact) mass is 209 g/mol. The highest BCUT2D eigenvalue weighted by Crippen LogP contribution is 2.22. The van der Waals surface area contributed by atoms with Crippen molar-refractivity contribution < 1.29 is 9.53 Å². The van der Waals surface area contributed by atoms with Crippen LogP contribution in [0.1, 0.15) is 38.5 Å². The zero-order chi connectivity index (χ0) is 11.1. The Kier molecular flexibility index (Phi) is 5.20. The standard InChI is InChI=1S/C12H19NO2/c1-3-4-5-6-7-12(14)13-10-8-9-11(10)15-2/h1,10-11H,4-9H2,2H3,(H,13,14). The van der Waals surface area contributed by atoms with Gasteiger partial charge in [-0.2, -0.15) is 0 Å². The van der Waals surface area contributed by atoms with E-state index in [2.05, 4.69) is 11.2 Å². The molecule has 1 aliphatic rings. The molecule has 2 atom stereocenters. The minimum Gasteiger partial charge on any atom is -0.379 e. The highest BCUT2D eigenvalue weighted by Gasteiger charge is 2.31. The van der Waals surface area contributed by atoms with Crippen LogP contribution in [0.25, 0.3) is 0 Å². The number of amides is 1. The van der Waals surface area contributed by atoms with Gasteiger partial charge in [-0.1, -0.05) is 0 Å². The van der Waals surface area contributed by atoms with Crippen LogP contribution in [0.5, 0.6) is 0 Å². The van der Waals surface area contributed by atoms with Crippen LogP contribution in [0.3, 0.4) is 0 Å². The van der Waals surface area contributed by atoms with Crippen molar-refractivity contribution in [1.29, 1.82) is 0 Å². The zero-order valence-electron chi connectivity index (χ0n) is 9.29. The van der Waals surface area contributed by atoms with Gasteiger partial charge in [-0.05, 0) is 25.7 Å². The molecule has 2 unspecified atom stereocenters. The quantitative estimate of drug-likeness (QED) is 0.531. The number of nitrogens with one attached hydrogen (secondary N) is 1. The summed E-state index contributed by atoms with van der Waals surface area (Å²) in [6.07, 6.45) is 10.6. The van der Waals surface area contributed by atoms with Crippen LogP contribution in [0.2, 0.25) is 0 Å². The predicted molar refractivity (Wildman–Crippen MR) is 59.3 cm³/mol. The molecule has 3 nitrogen and oxygen atoms in total. The number of unbranched alkanes of at least 4 members (excludes halogenated alkanes) is 2. The molecule has 1 fully saturated rings. The topological polar surface area (TPSA) is 38.3 Å². The first kappa shape index (κ1) is 12.1. The van der Waals surface area contributed by atoms with Gasteiger partial charge in [0.05, 0.1) is 12.1 Å². The van der Waals surface area contributed by atoms with Gasteiger partial charge >= 0.3 is 0 Å². The van der Waals surface area contributed by atoms with Gasteiger partial charge in [-0.3, -0.25) is 4.79 Å². The van der Waals surface area contributed by atoms with E-state index < -0.39 is 0 Å². The van der Waals surface area contributed by atoms with Crippen molar-refractivity contribution in [2.24, 2.45) is 0 Å². The van der Waals surface area contributed by atoms with Crippen LogP contribution >= 0.6 is 0 Å². The third-order valence-electron chi connectivity index (χ3n) is 2.84. The molecule has 0 aromatic carbocycles. The van der Waals surface area contributed by atoms with Crippen LogP contribution in [0.15, 0.2) is 0 Å². The average molecular weight is 209 g/mol. The van der Waals surface area contributed by atoms with Crippen molar-refractivity contribution in [1.82, 2.24) is 5.32 Å². The molecule has 0 aromatic heterocycles. The fourth-order valence-electron chi connectivity index (χ4n) is 1.71. The first-order valence-corrected chi connectivity index (χ1v) is 5.53. The molecule has 1 saturated carbocycles. The SMILES string of the molecule is C#CCCCCC(=O)NC1CCC1OC. The van der Waals surface area contributed by atoms with E-state index >= 15 is 0 Å². The molecule has 0 spiro atoms. The Labute approximate surface area is 91.6 Å². The predicted octanol–water partition coefficient (Wildman–Crippen LogP) is 1.47. The average Bonchev–Trinajstić information content (AvgIpc) is 2.20. The summed E-state index contributed by atoms with van der Waals surface area (Å²) < 4.78 is 5.20. The Morgan fingerprint density at radius 3 is 2.87 bits per heavy atom. The maximum atomic E-state index is 11.5. The molecule has 0 aliphatic heterocycles. The van der Waals surface area contributed by atoms with Crippen molar-refractivity contribution in [3.8, 4) is 12.3 Å². The molecule has 0 bridgehead atoms. The van der Waals surface area contributed by atoms with Gasteiger partial charge in [0.2, 0.25) is 5.91 Å². The van der Waals surface area contributed by atoms with Crippen LogP contribution in [0, 0.1) is 12.3 Å². The summed E-state index contributed by atoms with van der Waals surface area (Å²) in [5, 5.41) is 2.98. The number of carbonyl (C=O) groups excluding carboxylic acids is 1. The lowest BCUT2D eigenvalue weighted by Crippen LogP contribution is -2.51. The summed E-state index contributed by atoms with van der Waals surface area (Å²) in [5.41, 5.74) is 0. The first-order valence-electron chi connectivity index (χ1n) is 5.53. The fourth-order valence-corrected chi connectivity index (χ4v) is 1.71. The largest absolute Gasteiger partial charge is 0.379 e. The Balaban J connectivity index is 2.06. The summed E-state index contributed by atoms with van der Waals surface area (Å²) in [5.74, 6) is 2.69. The van der Waals surface area contributed by atoms with E-state index in [0.717, 1.165) is 32.1 Å². The number of rotatable bonds is 6. The van der Waals surface area contributed by atoms with Crippen molar-refractivity contribution in [3.63, 3.8) is 0 Å². The van der Waals surface area contributed by atoms with E-state index in [4.69, 9.17) is 11.2 Å².